The zero-order chi connectivity index (χ0) is 23.6. The minimum Gasteiger partial charge on any atom is -0.477 e. The van der Waals surface area contributed by atoms with E-state index in [-0.39, 0.29) is 35.5 Å². The van der Waals surface area contributed by atoms with Crippen LogP contribution < -0.4 is 21.9 Å². The first-order chi connectivity index (χ1) is 15.7. The highest BCUT2D eigenvalue weighted by atomic mass is 19.1. The number of hydrogen-bond acceptors (Lipinski definition) is 6. The van der Waals surface area contributed by atoms with Crippen molar-refractivity contribution in [2.75, 3.05) is 31.1 Å². The summed E-state index contributed by atoms with van der Waals surface area (Å²) >= 11 is 0. The van der Waals surface area contributed by atoms with E-state index in [0.717, 1.165) is 37.7 Å². The molecule has 1 saturated carbocycles. The zero-order valence-electron chi connectivity index (χ0n) is 18.7. The molecule has 4 heterocycles. The number of carboxylic acid groups (broad SMARTS) is 1. The number of nitrogens with zero attached hydrogens (tertiary/aromatic N) is 3. The molecule has 0 aromatic carbocycles. The van der Waals surface area contributed by atoms with Crippen LogP contribution >= 0.6 is 0 Å². The van der Waals surface area contributed by atoms with Gasteiger partial charge in [-0.2, -0.15) is 0 Å². The van der Waals surface area contributed by atoms with Crippen LogP contribution in [0.15, 0.2) is 29.7 Å². The van der Waals surface area contributed by atoms with E-state index in [1.807, 2.05) is 11.0 Å². The molecule has 2 aromatic rings. The summed E-state index contributed by atoms with van der Waals surface area (Å²) in [5.74, 6) is -1.46. The maximum Gasteiger partial charge on any atom is 0.341 e. The summed E-state index contributed by atoms with van der Waals surface area (Å²) in [7, 11) is 0. The Morgan fingerprint density at radius 1 is 1.21 bits per heavy atom. The lowest BCUT2D eigenvalue weighted by atomic mass is 10.0. The highest BCUT2D eigenvalue weighted by molar-refractivity contribution is 5.89. The third kappa shape index (κ3) is 3.55. The van der Waals surface area contributed by atoms with Crippen LogP contribution in [0.3, 0.4) is 0 Å². The maximum absolute atomic E-state index is 15.5. The van der Waals surface area contributed by atoms with Crippen LogP contribution in [0.5, 0.6) is 0 Å². The third-order valence-corrected chi connectivity index (χ3v) is 7.55. The molecule has 4 atom stereocenters. The minimum absolute atomic E-state index is 0.0132. The van der Waals surface area contributed by atoms with Crippen LogP contribution in [0.25, 0.3) is 5.52 Å². The van der Waals surface area contributed by atoms with Gasteiger partial charge in [0.15, 0.2) is 5.82 Å². The Bertz CT molecular complexity index is 1210. The van der Waals surface area contributed by atoms with Gasteiger partial charge in [0.1, 0.15) is 5.56 Å². The Labute approximate surface area is 191 Å². The van der Waals surface area contributed by atoms with Gasteiger partial charge in [0.2, 0.25) is 0 Å². The molecular weight excluding hydrogens is 425 g/mol. The maximum atomic E-state index is 15.5. The summed E-state index contributed by atoms with van der Waals surface area (Å²) in [6.45, 7) is 8.23. The first-order valence-corrected chi connectivity index (χ1v) is 11.5. The lowest BCUT2D eigenvalue weighted by Crippen LogP contribution is -2.46. The molecule has 0 spiro atoms. The predicted molar refractivity (Wildman–Crippen MR) is 125 cm³/mol. The molecule has 176 valence electrons. The van der Waals surface area contributed by atoms with Crippen molar-refractivity contribution in [1.82, 2.24) is 9.30 Å². The molecule has 8 nitrogen and oxygen atoms in total. The van der Waals surface area contributed by atoms with Gasteiger partial charge in [-0.05, 0) is 42.9 Å². The average Bonchev–Trinajstić information content (AvgIpc) is 3.44. The first-order valence-electron chi connectivity index (χ1n) is 11.5. The summed E-state index contributed by atoms with van der Waals surface area (Å²) in [6, 6.07) is 1.36. The van der Waals surface area contributed by atoms with Gasteiger partial charge in [-0.1, -0.05) is 6.08 Å². The number of rotatable bonds is 5. The SMILES string of the molecule is C=C[C@H]1CN(C2CN(c3c(F)cn4c(=O)c(C(=O)O)cc(C5CC5)c4c3C)CC2N)C[C@H]1N. The largest absolute Gasteiger partial charge is 0.477 e. The predicted octanol–water partition coefficient (Wildman–Crippen LogP) is 1.28. The Morgan fingerprint density at radius 2 is 1.94 bits per heavy atom. The van der Waals surface area contributed by atoms with Crippen molar-refractivity contribution in [2.24, 2.45) is 17.4 Å². The monoisotopic (exact) mass is 455 g/mol. The van der Waals surface area contributed by atoms with Crippen LogP contribution in [0, 0.1) is 18.7 Å². The van der Waals surface area contributed by atoms with Crippen molar-refractivity contribution in [1.29, 1.82) is 0 Å². The summed E-state index contributed by atoms with van der Waals surface area (Å²) in [6.07, 6.45) is 4.88. The van der Waals surface area contributed by atoms with Crippen molar-refractivity contribution in [3.63, 3.8) is 0 Å². The van der Waals surface area contributed by atoms with E-state index in [9.17, 15) is 14.7 Å². The topological polar surface area (TPSA) is 117 Å². The van der Waals surface area contributed by atoms with Gasteiger partial charge in [0.05, 0.1) is 17.4 Å². The number of halogens is 1. The fourth-order valence-corrected chi connectivity index (χ4v) is 5.68. The molecule has 3 fully saturated rings. The normalized spacial score (nSPS) is 28.1. The van der Waals surface area contributed by atoms with Crippen LogP contribution in [-0.2, 0) is 0 Å². The van der Waals surface area contributed by atoms with Crippen LogP contribution in [0.4, 0.5) is 10.1 Å². The van der Waals surface area contributed by atoms with Gasteiger partial charge >= 0.3 is 5.97 Å². The number of aromatic nitrogens is 1. The van der Waals surface area contributed by atoms with Crippen molar-refractivity contribution < 1.29 is 14.3 Å². The molecule has 2 aliphatic heterocycles. The second kappa shape index (κ2) is 7.93. The summed E-state index contributed by atoms with van der Waals surface area (Å²) in [5, 5.41) is 9.49. The van der Waals surface area contributed by atoms with Crippen LogP contribution in [0.1, 0.15) is 40.2 Å². The number of likely N-dealkylation sites (tertiary alicyclic amines) is 1. The van der Waals surface area contributed by atoms with E-state index in [1.54, 1.807) is 6.92 Å². The first kappa shape index (κ1) is 22.1. The minimum atomic E-state index is -1.30. The van der Waals surface area contributed by atoms with Crippen molar-refractivity contribution >= 4 is 17.2 Å². The number of pyridine rings is 2. The lowest BCUT2D eigenvalue weighted by Gasteiger charge is -2.27. The van der Waals surface area contributed by atoms with E-state index in [1.165, 1.54) is 10.5 Å². The highest BCUT2D eigenvalue weighted by Crippen LogP contribution is 2.44. The number of carboxylic acids is 1. The standard InChI is InChI=1S/C24H30FN5O3/c1-3-13-7-28(9-18(13)26)20-11-29(10-19(20)27)22-12(2)21-15(14-4-5-14)6-16(24(32)33)23(31)30(21)8-17(22)25/h3,6,8,13-14,18-20H,1,4-5,7,9-11,26-27H2,2H3,(H,32,33)/t13-,18+,19?,20?/m0/s1. The number of fused-ring (bicyclic) bond motifs is 1. The Balaban J connectivity index is 1.56. The molecule has 5 N–H and O–H groups in total. The number of carbonyl (C=O) groups is 1. The van der Waals surface area contributed by atoms with Crippen molar-refractivity contribution in [3.05, 3.63) is 57.8 Å². The molecule has 2 unspecified atom stereocenters. The second-order valence-electron chi connectivity index (χ2n) is 9.72. The molecule has 2 saturated heterocycles. The number of hydrogen-bond donors (Lipinski definition) is 3. The zero-order valence-corrected chi connectivity index (χ0v) is 18.7. The smallest absolute Gasteiger partial charge is 0.341 e. The van der Waals surface area contributed by atoms with Gasteiger partial charge < -0.3 is 21.5 Å². The van der Waals surface area contributed by atoms with Crippen molar-refractivity contribution in [3.8, 4) is 0 Å². The number of anilines is 1. The summed E-state index contributed by atoms with van der Waals surface area (Å²) in [5.41, 5.74) is 14.2. The summed E-state index contributed by atoms with van der Waals surface area (Å²) < 4.78 is 16.6. The van der Waals surface area contributed by atoms with Gasteiger partial charge in [-0.25, -0.2) is 9.18 Å². The molecule has 2 aromatic heterocycles. The van der Waals surface area contributed by atoms with Gasteiger partial charge in [-0.15, -0.1) is 6.58 Å². The molecule has 0 bridgehead atoms. The molecule has 9 heteroatoms. The average molecular weight is 456 g/mol. The number of nitrogens with two attached hydrogens (primary N) is 2. The lowest BCUT2D eigenvalue weighted by molar-refractivity contribution is 0.0694. The Morgan fingerprint density at radius 3 is 2.55 bits per heavy atom. The highest BCUT2D eigenvalue weighted by Gasteiger charge is 2.41. The van der Waals surface area contributed by atoms with Crippen LogP contribution in [0.2, 0.25) is 0 Å². The van der Waals surface area contributed by atoms with E-state index in [4.69, 9.17) is 11.5 Å². The van der Waals surface area contributed by atoms with Crippen LogP contribution in [-0.4, -0.2) is 64.7 Å². The van der Waals surface area contributed by atoms with E-state index < -0.39 is 17.3 Å². The van der Waals surface area contributed by atoms with Gasteiger partial charge in [0.25, 0.3) is 5.56 Å². The number of aromatic carboxylic acids is 1. The summed E-state index contributed by atoms with van der Waals surface area (Å²) in [4.78, 5) is 28.7. The van der Waals surface area contributed by atoms with E-state index >= 15 is 4.39 Å². The van der Waals surface area contributed by atoms with Crippen molar-refractivity contribution in [2.45, 2.75) is 43.8 Å². The Kier molecular flexibility index (Phi) is 5.30. The molecule has 5 rings (SSSR count). The Hall–Kier alpha value is -2.75. The second-order valence-corrected chi connectivity index (χ2v) is 9.72. The fourth-order valence-electron chi connectivity index (χ4n) is 5.68. The van der Waals surface area contributed by atoms with E-state index in [2.05, 4.69) is 11.5 Å². The fraction of sp³-hybridized carbons (Fsp3) is 0.500. The molecule has 0 amide bonds. The third-order valence-electron chi connectivity index (χ3n) is 7.55. The van der Waals surface area contributed by atoms with E-state index in [0.29, 0.717) is 29.9 Å². The molecule has 0 radical (unpaired) electrons. The number of aryl methyl sites for hydroxylation is 1. The molecular formula is C24H30FN5O3. The van der Waals surface area contributed by atoms with Gasteiger partial charge in [0, 0.05) is 50.2 Å². The molecule has 3 aliphatic rings. The molecule has 33 heavy (non-hydrogen) atoms. The molecule has 1 aliphatic carbocycles. The van der Waals surface area contributed by atoms with Gasteiger partial charge in [-0.3, -0.25) is 14.1 Å². The quantitative estimate of drug-likeness (QED) is 0.582.